The van der Waals surface area contributed by atoms with E-state index in [-0.39, 0.29) is 4.47 Å². The molecule has 0 amide bonds. The molecule has 0 spiro atoms. The summed E-state index contributed by atoms with van der Waals surface area (Å²) in [5.74, 6) is -1.52. The summed E-state index contributed by atoms with van der Waals surface area (Å²) in [6, 6.07) is 3.20. The minimum absolute atomic E-state index is 0.178. The van der Waals surface area contributed by atoms with Crippen molar-refractivity contribution in [2.75, 3.05) is 32.8 Å². The van der Waals surface area contributed by atoms with Crippen LogP contribution in [0.25, 0.3) is 0 Å². The monoisotopic (exact) mass is 319 g/mol. The molecule has 0 N–H and O–H groups in total. The highest BCUT2D eigenvalue weighted by Gasteiger charge is 2.13. The van der Waals surface area contributed by atoms with Gasteiger partial charge >= 0.3 is 0 Å². The van der Waals surface area contributed by atoms with Crippen molar-refractivity contribution in [1.29, 1.82) is 0 Å². The Bertz CT molecular complexity index is 408. The van der Waals surface area contributed by atoms with Gasteiger partial charge in [0.1, 0.15) is 0 Å². The summed E-state index contributed by atoms with van der Waals surface area (Å²) in [7, 11) is 0. The van der Waals surface area contributed by atoms with Crippen LogP contribution in [-0.2, 0) is 11.2 Å². The van der Waals surface area contributed by atoms with Gasteiger partial charge in [-0.05, 0) is 46.9 Å². The van der Waals surface area contributed by atoms with Gasteiger partial charge in [0.25, 0.3) is 0 Å². The summed E-state index contributed by atoms with van der Waals surface area (Å²) >= 11 is 2.97. The van der Waals surface area contributed by atoms with Crippen molar-refractivity contribution in [3.8, 4) is 0 Å². The molecule has 0 radical (unpaired) electrons. The Kier molecular flexibility index (Phi) is 5.09. The van der Waals surface area contributed by atoms with Gasteiger partial charge in [-0.2, -0.15) is 0 Å². The zero-order valence-corrected chi connectivity index (χ0v) is 11.7. The molecule has 0 aromatic heterocycles. The van der Waals surface area contributed by atoms with Crippen molar-refractivity contribution in [2.24, 2.45) is 0 Å². The lowest BCUT2D eigenvalue weighted by atomic mass is 10.1. The maximum Gasteiger partial charge on any atom is 0.173 e. The molecule has 1 aromatic carbocycles. The molecule has 0 unspecified atom stereocenters. The van der Waals surface area contributed by atoms with Crippen molar-refractivity contribution in [1.82, 2.24) is 4.90 Å². The Morgan fingerprint density at radius 3 is 2.61 bits per heavy atom. The van der Waals surface area contributed by atoms with Crippen LogP contribution in [0.1, 0.15) is 12.0 Å². The fraction of sp³-hybridized carbons (Fsp3) is 0.538. The Morgan fingerprint density at radius 1 is 1.17 bits per heavy atom. The number of rotatable bonds is 4. The average molecular weight is 320 g/mol. The highest BCUT2D eigenvalue weighted by Crippen LogP contribution is 2.21. The fourth-order valence-corrected chi connectivity index (χ4v) is 2.38. The van der Waals surface area contributed by atoms with Gasteiger partial charge in [0.15, 0.2) is 11.6 Å². The molecule has 5 heteroatoms. The molecule has 1 heterocycles. The molecular weight excluding hydrogens is 304 g/mol. The van der Waals surface area contributed by atoms with Crippen molar-refractivity contribution >= 4 is 15.9 Å². The lowest BCUT2D eigenvalue weighted by Gasteiger charge is -2.26. The quantitative estimate of drug-likeness (QED) is 0.791. The normalized spacial score (nSPS) is 17.1. The van der Waals surface area contributed by atoms with Gasteiger partial charge in [0.2, 0.25) is 0 Å². The molecule has 0 aliphatic carbocycles. The minimum Gasteiger partial charge on any atom is -0.379 e. The van der Waals surface area contributed by atoms with E-state index < -0.39 is 11.6 Å². The van der Waals surface area contributed by atoms with Gasteiger partial charge in [-0.3, -0.25) is 4.90 Å². The highest BCUT2D eigenvalue weighted by atomic mass is 79.9. The highest BCUT2D eigenvalue weighted by molar-refractivity contribution is 9.10. The predicted molar refractivity (Wildman–Crippen MR) is 69.6 cm³/mol. The summed E-state index contributed by atoms with van der Waals surface area (Å²) in [6.45, 7) is 4.29. The van der Waals surface area contributed by atoms with E-state index in [1.807, 2.05) is 0 Å². The number of benzene rings is 1. The van der Waals surface area contributed by atoms with E-state index in [1.54, 1.807) is 12.1 Å². The van der Waals surface area contributed by atoms with E-state index in [4.69, 9.17) is 4.74 Å². The molecule has 2 nitrogen and oxygen atoms in total. The molecule has 1 saturated heterocycles. The Hall–Kier alpha value is -0.520. The number of hydrogen-bond acceptors (Lipinski definition) is 2. The summed E-state index contributed by atoms with van der Waals surface area (Å²) < 4.78 is 32.3. The summed E-state index contributed by atoms with van der Waals surface area (Å²) in [6.07, 6.45) is 1.39. The molecule has 0 atom stereocenters. The van der Waals surface area contributed by atoms with E-state index in [2.05, 4.69) is 20.8 Å². The lowest BCUT2D eigenvalue weighted by Crippen LogP contribution is -2.36. The van der Waals surface area contributed by atoms with Gasteiger partial charge in [0, 0.05) is 13.1 Å². The first-order valence-electron chi connectivity index (χ1n) is 6.11. The maximum absolute atomic E-state index is 13.6. The van der Waals surface area contributed by atoms with Crippen LogP contribution in [0, 0.1) is 11.6 Å². The first-order chi connectivity index (χ1) is 8.68. The molecule has 1 aromatic rings. The summed E-state index contributed by atoms with van der Waals surface area (Å²) in [5.41, 5.74) is 0.448. The van der Waals surface area contributed by atoms with Gasteiger partial charge in [-0.25, -0.2) is 8.78 Å². The molecule has 1 aliphatic heterocycles. The zero-order valence-electron chi connectivity index (χ0n) is 10.1. The Balaban J connectivity index is 1.84. The number of hydrogen-bond donors (Lipinski definition) is 0. The number of ether oxygens (including phenoxy) is 1. The van der Waals surface area contributed by atoms with Crippen LogP contribution in [0.2, 0.25) is 0 Å². The number of halogens is 3. The second-order valence-electron chi connectivity index (χ2n) is 4.39. The van der Waals surface area contributed by atoms with Crippen LogP contribution >= 0.6 is 15.9 Å². The Morgan fingerprint density at radius 2 is 1.89 bits per heavy atom. The molecular formula is C13H16BrF2NO. The van der Waals surface area contributed by atoms with Crippen LogP contribution in [0.5, 0.6) is 0 Å². The van der Waals surface area contributed by atoms with Crippen LogP contribution in [0.15, 0.2) is 16.6 Å². The largest absolute Gasteiger partial charge is 0.379 e. The van der Waals surface area contributed by atoms with Crippen LogP contribution in [0.3, 0.4) is 0 Å². The van der Waals surface area contributed by atoms with Gasteiger partial charge in [0.05, 0.1) is 17.7 Å². The standard InChI is InChI=1S/C13H16BrF2NO/c14-11-4-3-10(12(15)13(11)16)2-1-5-17-6-8-18-9-7-17/h3-4H,1-2,5-9H2. The summed E-state index contributed by atoms with van der Waals surface area (Å²) in [4.78, 5) is 2.29. The van der Waals surface area contributed by atoms with E-state index in [1.165, 1.54) is 0 Å². The Labute approximate surface area is 114 Å². The van der Waals surface area contributed by atoms with Crippen molar-refractivity contribution in [3.63, 3.8) is 0 Å². The first kappa shape index (κ1) is 13.9. The van der Waals surface area contributed by atoms with Crippen molar-refractivity contribution in [2.45, 2.75) is 12.8 Å². The molecule has 0 saturated carbocycles. The number of morpholine rings is 1. The van der Waals surface area contributed by atoms with Gasteiger partial charge < -0.3 is 4.74 Å². The molecule has 0 bridgehead atoms. The van der Waals surface area contributed by atoms with E-state index in [9.17, 15) is 8.78 Å². The van der Waals surface area contributed by atoms with Crippen LogP contribution in [-0.4, -0.2) is 37.7 Å². The minimum atomic E-state index is -0.793. The number of aryl methyl sites for hydroxylation is 1. The average Bonchev–Trinajstić information content (AvgIpc) is 2.40. The fourth-order valence-electron chi connectivity index (χ4n) is 2.08. The zero-order chi connectivity index (χ0) is 13.0. The molecule has 2 rings (SSSR count). The second-order valence-corrected chi connectivity index (χ2v) is 5.25. The lowest BCUT2D eigenvalue weighted by molar-refractivity contribution is 0.0374. The van der Waals surface area contributed by atoms with E-state index in [0.29, 0.717) is 12.0 Å². The third-order valence-electron chi connectivity index (χ3n) is 3.14. The van der Waals surface area contributed by atoms with E-state index in [0.717, 1.165) is 39.3 Å². The van der Waals surface area contributed by atoms with E-state index >= 15 is 0 Å². The predicted octanol–water partition coefficient (Wildman–Crippen LogP) is 2.99. The van der Waals surface area contributed by atoms with Crippen LogP contribution in [0.4, 0.5) is 8.78 Å². The molecule has 1 aliphatic rings. The van der Waals surface area contributed by atoms with Gasteiger partial charge in [-0.1, -0.05) is 6.07 Å². The third-order valence-corrected chi connectivity index (χ3v) is 3.75. The first-order valence-corrected chi connectivity index (χ1v) is 6.90. The smallest absolute Gasteiger partial charge is 0.173 e. The van der Waals surface area contributed by atoms with Gasteiger partial charge in [-0.15, -0.1) is 0 Å². The molecule has 100 valence electrons. The molecule has 1 fully saturated rings. The number of nitrogens with zero attached hydrogens (tertiary/aromatic N) is 1. The van der Waals surface area contributed by atoms with Crippen LogP contribution < -0.4 is 0 Å². The topological polar surface area (TPSA) is 12.5 Å². The van der Waals surface area contributed by atoms with Crippen molar-refractivity contribution < 1.29 is 13.5 Å². The maximum atomic E-state index is 13.6. The van der Waals surface area contributed by atoms with Crippen molar-refractivity contribution in [3.05, 3.63) is 33.8 Å². The third kappa shape index (κ3) is 3.49. The second kappa shape index (κ2) is 6.59. The summed E-state index contributed by atoms with van der Waals surface area (Å²) in [5, 5.41) is 0. The molecule has 18 heavy (non-hydrogen) atoms. The SMILES string of the molecule is Fc1c(Br)ccc(CCCN2CCOCC2)c1F.